The molecule has 0 spiro atoms. The van der Waals surface area contributed by atoms with Crippen LogP contribution in [0.4, 0.5) is 0 Å². The first-order valence-corrected chi connectivity index (χ1v) is 17.6. The molecule has 1 saturated heterocycles. The predicted octanol–water partition coefficient (Wildman–Crippen LogP) is 7.57. The molecule has 0 bridgehead atoms. The lowest BCUT2D eigenvalue weighted by molar-refractivity contribution is -0.0892. The number of hydrogen-bond acceptors (Lipinski definition) is 8. The summed E-state index contributed by atoms with van der Waals surface area (Å²) in [5.74, 6) is 0.136. The maximum Gasteiger partial charge on any atom is 0.505 e. The number of hydrogen-bond donors (Lipinski definition) is 1. The zero-order valence-electron chi connectivity index (χ0n) is 28.0. The fraction of sp³-hybridized carbons (Fsp3) is 0.514. The van der Waals surface area contributed by atoms with Gasteiger partial charge in [0.2, 0.25) is 0 Å². The molecule has 45 heavy (non-hydrogen) atoms. The van der Waals surface area contributed by atoms with Crippen LogP contribution in [0.5, 0.6) is 5.75 Å². The van der Waals surface area contributed by atoms with E-state index < -0.39 is 29.5 Å². The second kappa shape index (κ2) is 12.8. The van der Waals surface area contributed by atoms with Crippen molar-refractivity contribution >= 4 is 73.0 Å². The lowest BCUT2D eigenvalue weighted by Crippen LogP contribution is -2.49. The predicted molar refractivity (Wildman–Crippen MR) is 189 cm³/mol. The molecule has 239 valence electrons. The summed E-state index contributed by atoms with van der Waals surface area (Å²) in [6, 6.07) is 13.4. The molecule has 0 saturated carbocycles. The van der Waals surface area contributed by atoms with Crippen LogP contribution < -0.4 is 14.3 Å². The van der Waals surface area contributed by atoms with Gasteiger partial charge in [-0.25, -0.2) is 4.79 Å². The molecule has 10 heteroatoms. The minimum atomic E-state index is -1.06. The van der Waals surface area contributed by atoms with Crippen LogP contribution in [-0.4, -0.2) is 48.1 Å². The van der Waals surface area contributed by atoms with E-state index in [0.717, 1.165) is 67.4 Å². The van der Waals surface area contributed by atoms with E-state index in [0.29, 0.717) is 11.3 Å². The SMILES string of the molecule is CCCCCCc1c(C(=O)Oc2ccccc2)c2cc([B]OC(C)(C)C(C)(C)O)sc2c2sc(B3OC(C)(C)C(C)(C)O3)cc12. The molecule has 1 aliphatic rings. The van der Waals surface area contributed by atoms with Crippen molar-refractivity contribution in [2.75, 3.05) is 0 Å². The zero-order chi connectivity index (χ0) is 32.8. The van der Waals surface area contributed by atoms with Crippen LogP contribution in [-0.2, 0) is 20.4 Å². The Bertz CT molecular complexity index is 1650. The number of rotatable bonds is 12. The number of benzene rings is 2. The molecule has 0 aliphatic carbocycles. The summed E-state index contributed by atoms with van der Waals surface area (Å²) in [5.41, 5.74) is -1.23. The average Bonchev–Trinajstić information content (AvgIpc) is 3.63. The lowest BCUT2D eigenvalue weighted by Gasteiger charge is -2.37. The van der Waals surface area contributed by atoms with Gasteiger partial charge in [0.15, 0.2) is 0 Å². The van der Waals surface area contributed by atoms with Crippen molar-refractivity contribution in [3.63, 3.8) is 0 Å². The monoisotopic (exact) mass is 647 g/mol. The van der Waals surface area contributed by atoms with Crippen molar-refractivity contribution < 1.29 is 28.6 Å². The highest BCUT2D eigenvalue weighted by Gasteiger charge is 2.52. The number of thiophene rings is 2. The molecule has 1 radical (unpaired) electrons. The molecule has 2 aromatic heterocycles. The van der Waals surface area contributed by atoms with Gasteiger partial charge in [-0.2, -0.15) is 0 Å². The zero-order valence-corrected chi connectivity index (χ0v) is 29.7. The summed E-state index contributed by atoms with van der Waals surface area (Å²) >= 11 is 3.23. The third-order valence-electron chi connectivity index (χ3n) is 9.47. The van der Waals surface area contributed by atoms with E-state index in [-0.39, 0.29) is 5.97 Å². The molecular formula is C35H45B2O6S2. The van der Waals surface area contributed by atoms with E-state index in [9.17, 15) is 9.90 Å². The number of aryl methyl sites for hydroxylation is 1. The normalized spacial score (nSPS) is 16.5. The Morgan fingerprint density at radius 2 is 1.58 bits per heavy atom. The van der Waals surface area contributed by atoms with Crippen molar-refractivity contribution in [2.24, 2.45) is 0 Å². The molecular weight excluding hydrogens is 602 g/mol. The van der Waals surface area contributed by atoms with Crippen LogP contribution in [0.1, 0.15) is 104 Å². The van der Waals surface area contributed by atoms with E-state index in [1.807, 2.05) is 38.1 Å². The average molecular weight is 647 g/mol. The van der Waals surface area contributed by atoms with Crippen molar-refractivity contribution in [1.29, 1.82) is 0 Å². The molecule has 1 N–H and O–H groups in total. The first-order valence-electron chi connectivity index (χ1n) is 15.9. The number of carbonyl (C=O) groups is 1. The van der Waals surface area contributed by atoms with E-state index in [4.69, 9.17) is 18.7 Å². The fourth-order valence-corrected chi connectivity index (χ4v) is 7.55. The summed E-state index contributed by atoms with van der Waals surface area (Å²) in [4.78, 5) is 14.1. The highest BCUT2D eigenvalue weighted by Crippen LogP contribution is 2.42. The van der Waals surface area contributed by atoms with E-state index >= 15 is 0 Å². The lowest BCUT2D eigenvalue weighted by atomic mass is 9.85. The number of fused-ring (bicyclic) bond motifs is 3. The van der Waals surface area contributed by atoms with Gasteiger partial charge >= 0.3 is 20.6 Å². The minimum absolute atomic E-state index is 0.371. The van der Waals surface area contributed by atoms with E-state index in [1.54, 1.807) is 56.1 Å². The highest BCUT2D eigenvalue weighted by atomic mass is 32.1. The Hall–Kier alpha value is -2.20. The first-order chi connectivity index (χ1) is 21.0. The van der Waals surface area contributed by atoms with Gasteiger partial charge in [0, 0.05) is 14.9 Å². The van der Waals surface area contributed by atoms with Crippen LogP contribution >= 0.6 is 22.7 Å². The van der Waals surface area contributed by atoms with Crippen LogP contribution in [0, 0.1) is 0 Å². The van der Waals surface area contributed by atoms with Gasteiger partial charge < -0.3 is 23.8 Å². The largest absolute Gasteiger partial charge is 0.505 e. The summed E-state index contributed by atoms with van der Waals surface area (Å²) in [7, 11) is 1.20. The van der Waals surface area contributed by atoms with Gasteiger partial charge in [0.1, 0.15) is 5.75 Å². The Morgan fingerprint density at radius 3 is 2.20 bits per heavy atom. The van der Waals surface area contributed by atoms with Gasteiger partial charge in [-0.3, -0.25) is 0 Å². The molecule has 0 unspecified atom stereocenters. The van der Waals surface area contributed by atoms with Crippen molar-refractivity contribution in [2.45, 2.75) is 117 Å². The molecule has 4 aromatic rings. The van der Waals surface area contributed by atoms with Crippen LogP contribution in [0.3, 0.4) is 0 Å². The molecule has 3 heterocycles. The van der Waals surface area contributed by atoms with Crippen molar-refractivity contribution in [3.05, 3.63) is 53.6 Å². The fourth-order valence-electron chi connectivity index (χ4n) is 5.22. The smallest absolute Gasteiger partial charge is 0.426 e. The second-order valence-corrected chi connectivity index (χ2v) is 16.2. The van der Waals surface area contributed by atoms with Gasteiger partial charge in [-0.1, -0.05) is 44.4 Å². The molecule has 1 aliphatic heterocycles. The maximum atomic E-state index is 14.1. The van der Waals surface area contributed by atoms with Crippen molar-refractivity contribution in [1.82, 2.24) is 0 Å². The number of carbonyl (C=O) groups excluding carboxylic acids is 1. The van der Waals surface area contributed by atoms with Crippen LogP contribution in [0.25, 0.3) is 20.2 Å². The Balaban J connectivity index is 1.67. The Labute approximate surface area is 276 Å². The number of unbranched alkanes of at least 4 members (excludes halogenated alkanes) is 3. The highest BCUT2D eigenvalue weighted by molar-refractivity contribution is 7.34. The van der Waals surface area contributed by atoms with Gasteiger partial charge in [-0.15, -0.1) is 22.7 Å². The van der Waals surface area contributed by atoms with Crippen LogP contribution in [0.2, 0.25) is 0 Å². The van der Waals surface area contributed by atoms with Gasteiger partial charge in [-0.05, 0) is 103 Å². The van der Waals surface area contributed by atoms with Crippen molar-refractivity contribution in [3.8, 4) is 5.75 Å². The summed E-state index contributed by atoms with van der Waals surface area (Å²) < 4.78 is 29.0. The topological polar surface area (TPSA) is 74.2 Å². The molecule has 6 nitrogen and oxygen atoms in total. The third-order valence-corrected chi connectivity index (χ3v) is 11.9. The minimum Gasteiger partial charge on any atom is -0.426 e. The summed E-state index contributed by atoms with van der Waals surface area (Å²) in [5, 5.41) is 12.6. The third kappa shape index (κ3) is 6.92. The van der Waals surface area contributed by atoms with E-state index in [1.165, 1.54) is 0 Å². The Morgan fingerprint density at radius 1 is 0.933 bits per heavy atom. The molecule has 0 atom stereocenters. The number of para-hydroxylation sites is 1. The second-order valence-electron chi connectivity index (χ2n) is 14.0. The summed E-state index contributed by atoms with van der Waals surface area (Å²) in [6.45, 7) is 17.6. The standard InChI is InChI=1S/C35H45B2O6S2/c1-10-11-12-16-19-23-24-21-27(37-42-34(6,7)35(8,9)43-37)45-29(24)30-25(28(23)31(38)40-22-17-14-13-15-18-22)20-26(44-30)36-41-33(4,5)32(2,3)39/h13-15,17-18,20-21,39H,10-12,16,19H2,1-9H3. The molecule has 5 rings (SSSR count). The number of esters is 1. The van der Waals surface area contributed by atoms with Gasteiger partial charge in [0.25, 0.3) is 0 Å². The number of ether oxygens (including phenoxy) is 1. The molecule has 2 aromatic carbocycles. The number of aliphatic hydroxyl groups is 1. The Kier molecular flexibility index (Phi) is 9.69. The summed E-state index contributed by atoms with van der Waals surface area (Å²) in [6.07, 6.45) is 5.08. The molecule has 1 fully saturated rings. The quantitative estimate of drug-likeness (QED) is 0.0741. The maximum absolute atomic E-state index is 14.1. The molecule has 0 amide bonds. The van der Waals surface area contributed by atoms with E-state index in [2.05, 4.69) is 40.7 Å². The first kappa shape index (κ1) is 34.1. The van der Waals surface area contributed by atoms with Gasteiger partial charge in [0.05, 0.1) is 37.4 Å². The van der Waals surface area contributed by atoms with Crippen LogP contribution in [0.15, 0.2) is 42.5 Å².